The Bertz CT molecular complexity index is 1250. The van der Waals surface area contributed by atoms with Gasteiger partial charge >= 0.3 is 36.2 Å². The molecule has 79 heavy (non-hydrogen) atoms. The number of amides is 3. The summed E-state index contributed by atoms with van der Waals surface area (Å²) in [6, 6.07) is 0. The van der Waals surface area contributed by atoms with Crippen molar-refractivity contribution in [2.75, 3.05) is 98.5 Å². The number of esters is 3. The molecule has 0 aromatic heterocycles. The highest BCUT2D eigenvalue weighted by Gasteiger charge is 2.19. The van der Waals surface area contributed by atoms with E-state index in [1.807, 2.05) is 19.6 Å². The molecule has 0 atom stereocenters. The number of nitrogens with zero attached hydrogens (tertiary/aromatic N) is 4. The topological polar surface area (TPSA) is 171 Å². The molecular formula is C63H120N4O12. The number of carbonyl (C=O) groups is 6. The van der Waals surface area contributed by atoms with Crippen LogP contribution in [0, 0.1) is 0 Å². The summed E-state index contributed by atoms with van der Waals surface area (Å²) in [4.78, 5) is 85.2. The molecule has 0 N–H and O–H groups in total. The first-order valence-corrected chi connectivity index (χ1v) is 32.5. The molecule has 0 aromatic rings. The number of hydrogen-bond donors (Lipinski definition) is 0. The zero-order valence-corrected chi connectivity index (χ0v) is 51.8. The summed E-state index contributed by atoms with van der Waals surface area (Å²) in [6.45, 7) is 18.6. The van der Waals surface area contributed by atoms with E-state index < -0.39 is 17.9 Å². The van der Waals surface area contributed by atoms with Crippen LogP contribution in [0.5, 0.6) is 0 Å². The molecule has 0 saturated heterocycles. The first-order chi connectivity index (χ1) is 38.6. The molecule has 0 saturated carbocycles. The van der Waals surface area contributed by atoms with Gasteiger partial charge in [-0.25, -0.2) is 14.4 Å². The van der Waals surface area contributed by atoms with Crippen molar-refractivity contribution >= 4 is 36.2 Å². The van der Waals surface area contributed by atoms with Crippen molar-refractivity contribution in [3.05, 3.63) is 0 Å². The van der Waals surface area contributed by atoms with Crippen LogP contribution in [-0.2, 0) is 42.8 Å². The summed E-state index contributed by atoms with van der Waals surface area (Å²) in [7, 11) is 0. The molecule has 0 aromatic carbocycles. The van der Waals surface area contributed by atoms with Crippen molar-refractivity contribution in [2.45, 2.75) is 273 Å². The number of carbonyl (C=O) groups excluding carboxylic acids is 6. The highest BCUT2D eigenvalue weighted by Crippen LogP contribution is 2.13. The van der Waals surface area contributed by atoms with E-state index in [1.165, 1.54) is 77.0 Å². The normalized spacial score (nSPS) is 11.1. The Morgan fingerprint density at radius 2 is 0.418 bits per heavy atom. The van der Waals surface area contributed by atoms with Gasteiger partial charge in [-0.2, -0.15) is 0 Å². The first kappa shape index (κ1) is 75.2. The van der Waals surface area contributed by atoms with Gasteiger partial charge in [0.25, 0.3) is 0 Å². The molecule has 16 nitrogen and oxygen atoms in total. The van der Waals surface area contributed by atoms with Crippen molar-refractivity contribution in [3.8, 4) is 0 Å². The van der Waals surface area contributed by atoms with Crippen molar-refractivity contribution in [1.29, 1.82) is 0 Å². The van der Waals surface area contributed by atoms with Crippen LogP contribution < -0.4 is 0 Å². The zero-order chi connectivity index (χ0) is 58.1. The summed E-state index contributed by atoms with van der Waals surface area (Å²) < 4.78 is 33.4. The third-order valence-corrected chi connectivity index (χ3v) is 14.2. The average Bonchev–Trinajstić information content (AvgIpc) is 3.44. The maximum Gasteiger partial charge on any atom is 0.409 e. The SMILES string of the molecule is CCCCCCCN(CCCCCCC)C(=O)OCCCOC(=O)CCN(CCC(=O)OCCCOC(=O)N(CCCCCCC)CCCCCCC)CCC(=O)OCCCOC(=O)N(CCCCCCC)CCCCCCC. The second-order valence-corrected chi connectivity index (χ2v) is 21.6. The minimum Gasteiger partial charge on any atom is -0.466 e. The number of hydrogen-bond acceptors (Lipinski definition) is 13. The Kier molecular flexibility index (Phi) is 54.6. The maximum absolute atomic E-state index is 13.0. The van der Waals surface area contributed by atoms with Gasteiger partial charge in [0.15, 0.2) is 0 Å². The summed E-state index contributed by atoms with van der Waals surface area (Å²) in [5.74, 6) is -1.32. The third-order valence-electron chi connectivity index (χ3n) is 14.2. The quantitative estimate of drug-likeness (QED) is 0.0320. The monoisotopic (exact) mass is 1120 g/mol. The number of rotatable bonds is 57. The highest BCUT2D eigenvalue weighted by molar-refractivity contribution is 5.71. The van der Waals surface area contributed by atoms with Crippen LogP contribution in [-0.4, -0.2) is 154 Å². The van der Waals surface area contributed by atoms with Crippen LogP contribution in [0.4, 0.5) is 14.4 Å². The van der Waals surface area contributed by atoms with Crippen molar-refractivity contribution in [3.63, 3.8) is 0 Å². The summed E-state index contributed by atoms with van der Waals surface area (Å²) >= 11 is 0. The second-order valence-electron chi connectivity index (χ2n) is 21.6. The van der Waals surface area contributed by atoms with Gasteiger partial charge in [0.1, 0.15) is 0 Å². The fourth-order valence-corrected chi connectivity index (χ4v) is 9.11. The fraction of sp³-hybridized carbons (Fsp3) is 0.905. The van der Waals surface area contributed by atoms with E-state index in [1.54, 1.807) is 0 Å². The lowest BCUT2D eigenvalue weighted by Gasteiger charge is -2.22. The van der Waals surface area contributed by atoms with Crippen LogP contribution in [0.3, 0.4) is 0 Å². The van der Waals surface area contributed by atoms with E-state index in [9.17, 15) is 28.8 Å². The van der Waals surface area contributed by atoms with Gasteiger partial charge in [0.05, 0.1) is 58.9 Å². The Labute approximate surface area is 482 Å². The molecule has 0 aliphatic carbocycles. The number of ether oxygens (including phenoxy) is 6. The molecule has 0 fully saturated rings. The van der Waals surface area contributed by atoms with Crippen molar-refractivity contribution < 1.29 is 57.2 Å². The van der Waals surface area contributed by atoms with E-state index in [0.29, 0.717) is 58.5 Å². The van der Waals surface area contributed by atoms with Gasteiger partial charge in [-0.3, -0.25) is 14.4 Å². The molecule has 0 rings (SSSR count). The predicted molar refractivity (Wildman–Crippen MR) is 318 cm³/mol. The Hall–Kier alpha value is -3.82. The summed E-state index contributed by atoms with van der Waals surface area (Å²) in [6.07, 6.45) is 33.6. The molecule has 0 bridgehead atoms. The molecule has 0 radical (unpaired) electrons. The molecule has 0 heterocycles. The minimum absolute atomic E-state index is 0.0213. The van der Waals surface area contributed by atoms with Crippen molar-refractivity contribution in [2.24, 2.45) is 0 Å². The fourth-order valence-electron chi connectivity index (χ4n) is 9.11. The van der Waals surface area contributed by atoms with E-state index in [4.69, 9.17) is 28.4 Å². The summed E-state index contributed by atoms with van der Waals surface area (Å²) in [5.41, 5.74) is 0. The van der Waals surface area contributed by atoms with Gasteiger partial charge in [-0.1, -0.05) is 196 Å². The molecule has 16 heteroatoms. The molecule has 0 spiro atoms. The van der Waals surface area contributed by atoms with Crippen LogP contribution in [0.2, 0.25) is 0 Å². The van der Waals surface area contributed by atoms with E-state index in [-0.39, 0.29) is 96.8 Å². The lowest BCUT2D eigenvalue weighted by atomic mass is 10.1. The second kappa shape index (κ2) is 57.4. The molecule has 464 valence electrons. The molecule has 0 aliphatic rings. The Morgan fingerprint density at radius 1 is 0.228 bits per heavy atom. The van der Waals surface area contributed by atoms with Gasteiger partial charge in [0, 0.05) is 78.2 Å². The van der Waals surface area contributed by atoms with Gasteiger partial charge < -0.3 is 48.0 Å². The Balaban J connectivity index is 5.28. The Morgan fingerprint density at radius 3 is 0.620 bits per heavy atom. The largest absolute Gasteiger partial charge is 0.466 e. The van der Waals surface area contributed by atoms with Crippen LogP contribution in [0.25, 0.3) is 0 Å². The first-order valence-electron chi connectivity index (χ1n) is 32.5. The maximum atomic E-state index is 13.0. The molecule has 0 aliphatic heterocycles. The van der Waals surface area contributed by atoms with E-state index in [2.05, 4.69) is 41.5 Å². The lowest BCUT2D eigenvalue weighted by Crippen LogP contribution is -2.34. The van der Waals surface area contributed by atoms with Crippen LogP contribution in [0.1, 0.15) is 273 Å². The molecule has 3 amide bonds. The van der Waals surface area contributed by atoms with Gasteiger partial charge in [-0.05, 0) is 38.5 Å². The van der Waals surface area contributed by atoms with Crippen molar-refractivity contribution in [1.82, 2.24) is 19.6 Å². The summed E-state index contributed by atoms with van der Waals surface area (Å²) in [5, 5.41) is 0. The standard InChI is InChI=1S/C63H120N4O12/c1-7-13-19-25-31-43-65(44-32-26-20-14-8-2)61(71)77-55-37-52-74-58(68)40-49-64(50-41-59(69)75-53-38-56-78-62(72)66(45-33-27-21-15-9-3)46-34-28-22-16-10-4)51-42-60(70)76-54-39-57-79-63(73)67(47-35-29-23-17-11-5)48-36-30-24-18-12-6/h7-57H2,1-6H3. The van der Waals surface area contributed by atoms with E-state index >= 15 is 0 Å². The molecule has 0 unspecified atom stereocenters. The van der Waals surface area contributed by atoms with Crippen LogP contribution >= 0.6 is 0 Å². The van der Waals surface area contributed by atoms with Crippen LogP contribution in [0.15, 0.2) is 0 Å². The highest BCUT2D eigenvalue weighted by atomic mass is 16.6. The predicted octanol–water partition coefficient (Wildman–Crippen LogP) is 15.4. The van der Waals surface area contributed by atoms with E-state index in [0.717, 1.165) is 116 Å². The van der Waals surface area contributed by atoms with Gasteiger partial charge in [0.2, 0.25) is 0 Å². The molecular weight excluding hydrogens is 1000 g/mol. The minimum atomic E-state index is -0.440. The third kappa shape index (κ3) is 48.6. The lowest BCUT2D eigenvalue weighted by molar-refractivity contribution is -0.144. The van der Waals surface area contributed by atoms with Gasteiger partial charge in [-0.15, -0.1) is 0 Å². The average molecular weight is 1130 g/mol. The number of unbranched alkanes of at least 4 members (excludes halogenated alkanes) is 24. The zero-order valence-electron chi connectivity index (χ0n) is 51.8. The smallest absolute Gasteiger partial charge is 0.409 e.